The van der Waals surface area contributed by atoms with Crippen molar-refractivity contribution < 1.29 is 0 Å². The highest BCUT2D eigenvalue weighted by Crippen LogP contribution is 2.26. The first-order chi connectivity index (χ1) is 12.8. The Labute approximate surface area is 158 Å². The zero-order valence-corrected chi connectivity index (χ0v) is 15.8. The zero-order chi connectivity index (χ0) is 17.8. The van der Waals surface area contributed by atoms with Crippen molar-refractivity contribution in [3.8, 4) is 10.7 Å². The molecule has 0 aliphatic carbocycles. The van der Waals surface area contributed by atoms with Gasteiger partial charge in [-0.25, -0.2) is 15.0 Å². The lowest BCUT2D eigenvalue weighted by Gasteiger charge is -2.28. The molecule has 0 unspecified atom stereocenters. The Morgan fingerprint density at radius 3 is 2.62 bits per heavy atom. The van der Waals surface area contributed by atoms with Gasteiger partial charge in [-0.05, 0) is 49.9 Å². The van der Waals surface area contributed by atoms with Gasteiger partial charge in [-0.15, -0.1) is 11.3 Å². The normalized spacial score (nSPS) is 14.4. The predicted molar refractivity (Wildman–Crippen MR) is 108 cm³/mol. The monoisotopic (exact) mass is 365 g/mol. The lowest BCUT2D eigenvalue weighted by molar-refractivity contribution is 0.577. The van der Waals surface area contributed by atoms with Crippen LogP contribution in [0.15, 0.2) is 42.7 Å². The van der Waals surface area contributed by atoms with E-state index in [0.29, 0.717) is 0 Å². The van der Waals surface area contributed by atoms with E-state index >= 15 is 0 Å². The molecule has 1 fully saturated rings. The van der Waals surface area contributed by atoms with E-state index in [4.69, 9.17) is 0 Å². The molecule has 0 saturated carbocycles. The van der Waals surface area contributed by atoms with Crippen molar-refractivity contribution in [2.45, 2.75) is 32.6 Å². The third kappa shape index (κ3) is 3.85. The number of aryl methyl sites for hydroxylation is 1. The molecule has 0 radical (unpaired) electrons. The molecule has 0 aromatic carbocycles. The summed E-state index contributed by atoms with van der Waals surface area (Å²) in [5.41, 5.74) is 2.09. The van der Waals surface area contributed by atoms with Crippen molar-refractivity contribution in [1.29, 1.82) is 0 Å². The van der Waals surface area contributed by atoms with E-state index in [1.54, 1.807) is 11.3 Å². The average molecular weight is 366 g/mol. The number of aromatic nitrogens is 3. The summed E-state index contributed by atoms with van der Waals surface area (Å²) in [6.07, 6.45) is 8.77. The number of pyridine rings is 2. The summed E-state index contributed by atoms with van der Waals surface area (Å²) in [5, 5.41) is 4.26. The maximum absolute atomic E-state index is 4.68. The Hall–Kier alpha value is -2.47. The Balaban J connectivity index is 1.47. The van der Waals surface area contributed by atoms with E-state index in [-0.39, 0.29) is 0 Å². The smallest absolute Gasteiger partial charge is 0.142 e. The molecule has 0 amide bonds. The quantitative estimate of drug-likeness (QED) is 0.697. The summed E-state index contributed by atoms with van der Waals surface area (Å²) in [5.74, 6) is 1.60. The maximum atomic E-state index is 4.68. The molecule has 1 N–H and O–H groups in total. The van der Waals surface area contributed by atoms with Crippen LogP contribution < -0.4 is 10.2 Å². The van der Waals surface area contributed by atoms with E-state index in [9.17, 15) is 0 Å². The molecular formula is C20H23N5S. The van der Waals surface area contributed by atoms with E-state index in [0.717, 1.165) is 41.8 Å². The van der Waals surface area contributed by atoms with Gasteiger partial charge in [-0.3, -0.25) is 0 Å². The van der Waals surface area contributed by atoms with Gasteiger partial charge in [0.1, 0.15) is 22.3 Å². The van der Waals surface area contributed by atoms with E-state index < -0.39 is 0 Å². The average Bonchev–Trinajstić information content (AvgIpc) is 3.19. The van der Waals surface area contributed by atoms with Crippen molar-refractivity contribution >= 4 is 28.7 Å². The van der Waals surface area contributed by atoms with Crippen molar-refractivity contribution in [3.05, 3.63) is 47.6 Å². The SMILES string of the molecule is CCc1cnc(-c2cccc(Nc3ccc(N4CCCCC4)cn3)n2)s1. The molecule has 4 heterocycles. The van der Waals surface area contributed by atoms with Crippen LogP contribution in [-0.2, 0) is 6.42 Å². The van der Waals surface area contributed by atoms with E-state index in [2.05, 4.69) is 38.2 Å². The summed E-state index contributed by atoms with van der Waals surface area (Å²) >= 11 is 1.70. The molecule has 1 aliphatic heterocycles. The summed E-state index contributed by atoms with van der Waals surface area (Å²) in [6.45, 7) is 4.40. The van der Waals surface area contributed by atoms with Crippen LogP contribution in [0.25, 0.3) is 10.7 Å². The summed E-state index contributed by atoms with van der Waals surface area (Å²) in [7, 11) is 0. The van der Waals surface area contributed by atoms with Gasteiger partial charge >= 0.3 is 0 Å². The number of piperidine rings is 1. The Bertz CT molecular complexity index is 853. The van der Waals surface area contributed by atoms with Crippen LogP contribution in [0.1, 0.15) is 31.1 Å². The Kier molecular flexibility index (Phi) is 5.11. The third-order valence-electron chi connectivity index (χ3n) is 4.60. The lowest BCUT2D eigenvalue weighted by atomic mass is 10.1. The lowest BCUT2D eigenvalue weighted by Crippen LogP contribution is -2.29. The summed E-state index contributed by atoms with van der Waals surface area (Å²) in [6, 6.07) is 10.1. The number of thiazole rings is 1. The fourth-order valence-corrected chi connectivity index (χ4v) is 3.96. The molecule has 1 aliphatic rings. The molecule has 26 heavy (non-hydrogen) atoms. The number of nitrogens with zero attached hydrogens (tertiary/aromatic N) is 4. The van der Waals surface area contributed by atoms with Gasteiger partial charge in [0.25, 0.3) is 0 Å². The molecule has 3 aromatic rings. The zero-order valence-electron chi connectivity index (χ0n) is 15.0. The van der Waals surface area contributed by atoms with Gasteiger partial charge < -0.3 is 10.2 Å². The second-order valence-electron chi connectivity index (χ2n) is 6.47. The summed E-state index contributed by atoms with van der Waals surface area (Å²) in [4.78, 5) is 17.4. The molecule has 4 rings (SSSR count). The van der Waals surface area contributed by atoms with Gasteiger partial charge in [-0.2, -0.15) is 0 Å². The first kappa shape index (κ1) is 17.0. The predicted octanol–water partition coefficient (Wildman–Crippen LogP) is 4.90. The number of rotatable bonds is 5. The van der Waals surface area contributed by atoms with Crippen LogP contribution >= 0.6 is 11.3 Å². The number of hydrogen-bond donors (Lipinski definition) is 1. The fourth-order valence-electron chi connectivity index (χ4n) is 3.14. The topological polar surface area (TPSA) is 53.9 Å². The second kappa shape index (κ2) is 7.83. The van der Waals surface area contributed by atoms with Crippen LogP contribution in [0.4, 0.5) is 17.3 Å². The van der Waals surface area contributed by atoms with Crippen LogP contribution in [0.2, 0.25) is 0 Å². The molecule has 134 valence electrons. The Morgan fingerprint density at radius 2 is 1.88 bits per heavy atom. The van der Waals surface area contributed by atoms with Crippen molar-refractivity contribution in [1.82, 2.24) is 15.0 Å². The summed E-state index contributed by atoms with van der Waals surface area (Å²) < 4.78 is 0. The van der Waals surface area contributed by atoms with Crippen LogP contribution in [0, 0.1) is 0 Å². The molecule has 5 nitrogen and oxygen atoms in total. The third-order valence-corrected chi connectivity index (χ3v) is 5.76. The molecular weight excluding hydrogens is 342 g/mol. The first-order valence-electron chi connectivity index (χ1n) is 9.22. The minimum Gasteiger partial charge on any atom is -0.370 e. The molecule has 0 atom stereocenters. The number of anilines is 3. The van der Waals surface area contributed by atoms with Gasteiger partial charge in [0.15, 0.2) is 0 Å². The van der Waals surface area contributed by atoms with Crippen molar-refractivity contribution in [2.75, 3.05) is 23.3 Å². The highest BCUT2D eigenvalue weighted by atomic mass is 32.1. The van der Waals surface area contributed by atoms with Gasteiger partial charge in [0.05, 0.1) is 11.9 Å². The standard InChI is InChI=1S/C20H23N5S/c1-2-16-14-22-20(26-16)17-7-6-8-19(23-17)24-18-10-9-15(13-21-18)25-11-4-3-5-12-25/h6-10,13-14H,2-5,11-12H2,1H3,(H,21,23,24). The first-order valence-corrected chi connectivity index (χ1v) is 10.0. The van der Waals surface area contributed by atoms with E-state index in [1.807, 2.05) is 36.7 Å². The van der Waals surface area contributed by atoms with Crippen LogP contribution in [-0.4, -0.2) is 28.0 Å². The van der Waals surface area contributed by atoms with Crippen molar-refractivity contribution in [3.63, 3.8) is 0 Å². The van der Waals surface area contributed by atoms with Crippen LogP contribution in [0.3, 0.4) is 0 Å². The van der Waals surface area contributed by atoms with Gasteiger partial charge in [0, 0.05) is 24.2 Å². The highest BCUT2D eigenvalue weighted by Gasteiger charge is 2.11. The van der Waals surface area contributed by atoms with E-state index in [1.165, 1.54) is 29.8 Å². The fraction of sp³-hybridized carbons (Fsp3) is 0.350. The largest absolute Gasteiger partial charge is 0.370 e. The molecule has 1 saturated heterocycles. The minimum absolute atomic E-state index is 0.786. The molecule has 6 heteroatoms. The van der Waals surface area contributed by atoms with Crippen molar-refractivity contribution in [2.24, 2.45) is 0 Å². The molecule has 0 bridgehead atoms. The highest BCUT2D eigenvalue weighted by molar-refractivity contribution is 7.14. The molecule has 3 aromatic heterocycles. The second-order valence-corrected chi connectivity index (χ2v) is 7.58. The Morgan fingerprint density at radius 1 is 1.00 bits per heavy atom. The maximum Gasteiger partial charge on any atom is 0.142 e. The van der Waals surface area contributed by atoms with Gasteiger partial charge in [0.2, 0.25) is 0 Å². The minimum atomic E-state index is 0.786. The van der Waals surface area contributed by atoms with Gasteiger partial charge in [-0.1, -0.05) is 13.0 Å². The number of hydrogen-bond acceptors (Lipinski definition) is 6. The molecule has 0 spiro atoms. The van der Waals surface area contributed by atoms with Crippen LogP contribution in [0.5, 0.6) is 0 Å². The number of nitrogens with one attached hydrogen (secondary N) is 1.